The fourth-order valence-electron chi connectivity index (χ4n) is 2.32. The molecule has 1 aromatic carbocycles. The van der Waals surface area contributed by atoms with E-state index < -0.39 is 8.25 Å². The average Bonchev–Trinajstić information content (AvgIpc) is 2.60. The van der Waals surface area contributed by atoms with Crippen LogP contribution >= 0.6 is 20.5 Å². The molecule has 0 aromatic heterocycles. The molecule has 0 bridgehead atoms. The van der Waals surface area contributed by atoms with Crippen molar-refractivity contribution < 1.29 is 13.6 Å². The van der Waals surface area contributed by atoms with Gasteiger partial charge in [-0.15, -0.1) is 4.52 Å². The number of nitrogens with two attached hydrogens (primary N) is 2. The van der Waals surface area contributed by atoms with E-state index >= 15 is 0 Å². The second-order valence-electron chi connectivity index (χ2n) is 6.05. The third-order valence-electron chi connectivity index (χ3n) is 3.62. The molecule has 0 aliphatic heterocycles. The monoisotopic (exact) mass is 401 g/mol. The maximum Gasteiger partial charge on any atom is 0.750 e. The third kappa shape index (κ3) is 19.1. The lowest BCUT2D eigenvalue weighted by molar-refractivity contribution is 0.277. The normalized spacial score (nSPS) is 10.6. The summed E-state index contributed by atoms with van der Waals surface area (Å²) in [6.45, 7) is 2.76. The molecule has 0 saturated carbocycles. The van der Waals surface area contributed by atoms with Gasteiger partial charge in [0.1, 0.15) is 6.61 Å². The van der Waals surface area contributed by atoms with Crippen molar-refractivity contribution in [3.63, 3.8) is 0 Å². The molecule has 0 amide bonds. The van der Waals surface area contributed by atoms with E-state index in [1.54, 1.807) is 12.1 Å². The fourth-order valence-corrected chi connectivity index (χ4v) is 2.95. The zero-order valence-electron chi connectivity index (χ0n) is 15.9. The molecule has 0 radical (unpaired) electrons. The van der Waals surface area contributed by atoms with Gasteiger partial charge in [0.2, 0.25) is 0 Å². The third-order valence-corrected chi connectivity index (χ3v) is 4.37. The van der Waals surface area contributed by atoms with Crippen LogP contribution in [0.4, 0.5) is 0 Å². The smallest absolute Gasteiger partial charge is 0.377 e. The largest absolute Gasteiger partial charge is 0.750 e. The van der Waals surface area contributed by atoms with E-state index in [1.165, 1.54) is 51.4 Å². The molecule has 1 aromatic rings. The van der Waals surface area contributed by atoms with Crippen molar-refractivity contribution in [1.29, 1.82) is 0 Å². The van der Waals surface area contributed by atoms with Crippen LogP contribution in [0.5, 0.6) is 5.75 Å². The minimum atomic E-state index is -2.04. The van der Waals surface area contributed by atoms with Crippen LogP contribution in [0.2, 0.25) is 0 Å². The summed E-state index contributed by atoms with van der Waals surface area (Å²) >= 11 is 4.09. The predicted molar refractivity (Wildman–Crippen MR) is 113 cm³/mol. The maximum atomic E-state index is 11.6. The molecule has 0 fully saturated rings. The lowest BCUT2D eigenvalue weighted by Crippen LogP contribution is -2.18. The van der Waals surface area contributed by atoms with Crippen LogP contribution in [0.1, 0.15) is 71.1 Å². The molecule has 1 rings (SSSR count). The molecule has 0 aliphatic rings. The number of unbranched alkanes of at least 4 members (excludes halogenated alkanes) is 9. The summed E-state index contributed by atoms with van der Waals surface area (Å²) in [5.41, 5.74) is 9.24. The van der Waals surface area contributed by atoms with E-state index in [4.69, 9.17) is 9.05 Å². The summed E-state index contributed by atoms with van der Waals surface area (Å²) in [7, 11) is -2.04. The lowest BCUT2D eigenvalue weighted by atomic mass is 10.1. The van der Waals surface area contributed by atoms with Gasteiger partial charge in [0.15, 0.2) is 10.9 Å². The van der Waals surface area contributed by atoms with Gasteiger partial charge < -0.3 is 11.5 Å². The number of thiocarbonyl (C=S) groups is 1. The van der Waals surface area contributed by atoms with Crippen molar-refractivity contribution in [2.45, 2.75) is 71.1 Å². The summed E-state index contributed by atoms with van der Waals surface area (Å²) in [5.74, 6) is 0.590. The van der Waals surface area contributed by atoms with Crippen LogP contribution in [0.15, 0.2) is 30.3 Å². The fraction of sp³-hybridized carbons (Fsp3) is 0.632. The topological polar surface area (TPSA) is 87.6 Å². The summed E-state index contributed by atoms with van der Waals surface area (Å²) in [6, 6.07) is 9.14. The molecule has 148 valence electrons. The van der Waals surface area contributed by atoms with Crippen LogP contribution in [0.3, 0.4) is 0 Å². The molecular weight excluding hydrogens is 367 g/mol. The summed E-state index contributed by atoms with van der Waals surface area (Å²) in [5, 5.41) is 0.000000000000000222. The quantitative estimate of drug-likeness (QED) is 0.231. The first-order valence-electron chi connectivity index (χ1n) is 9.44. The molecule has 4 N–H and O–H groups in total. The lowest BCUT2D eigenvalue weighted by Gasteiger charge is -2.00. The number of rotatable bonds is 14. The van der Waals surface area contributed by atoms with Crippen LogP contribution < -0.4 is 16.0 Å². The van der Waals surface area contributed by atoms with Crippen molar-refractivity contribution in [3.8, 4) is 5.75 Å². The highest BCUT2D eigenvalue weighted by Crippen LogP contribution is 2.27. The zero-order chi connectivity index (χ0) is 19.5. The van der Waals surface area contributed by atoms with Gasteiger partial charge >= 0.3 is 8.25 Å². The van der Waals surface area contributed by atoms with Gasteiger partial charge in [-0.25, -0.2) is 4.52 Å². The van der Waals surface area contributed by atoms with Crippen LogP contribution in [0.25, 0.3) is 0 Å². The summed E-state index contributed by atoms with van der Waals surface area (Å²) in [4.78, 5) is 0. The Kier molecular flexibility index (Phi) is 17.7. The second-order valence-corrected chi connectivity index (χ2v) is 7.40. The molecule has 5 nitrogen and oxygen atoms in total. The first-order valence-corrected chi connectivity index (χ1v) is 10.9. The Morgan fingerprint density at radius 2 is 1.38 bits per heavy atom. The first kappa shape index (κ1) is 24.8. The van der Waals surface area contributed by atoms with Crippen molar-refractivity contribution in [3.05, 3.63) is 30.3 Å². The Bertz CT molecular complexity index is 471. The number of hydrogen-bond donors (Lipinski definition) is 2. The molecule has 0 heterocycles. The maximum absolute atomic E-state index is 11.6. The van der Waals surface area contributed by atoms with Crippen molar-refractivity contribution in [2.75, 3.05) is 6.61 Å². The number of hydrogen-bond acceptors (Lipinski definition) is 4. The van der Waals surface area contributed by atoms with Gasteiger partial charge in [0.05, 0.1) is 0 Å². The Hall–Kier alpha value is -1.23. The highest BCUT2D eigenvalue weighted by Gasteiger charge is 2.21. The SMILES string of the molecule is CCCCCCCCCCCCO[P+](=O)Oc1ccccc1.NC(N)=S. The molecule has 1 atom stereocenters. The number of benzene rings is 1. The summed E-state index contributed by atoms with van der Waals surface area (Å²) < 4.78 is 22.0. The highest BCUT2D eigenvalue weighted by atomic mass is 32.1. The molecule has 0 saturated heterocycles. The Morgan fingerprint density at radius 3 is 1.88 bits per heavy atom. The van der Waals surface area contributed by atoms with Crippen LogP contribution in [-0.4, -0.2) is 11.7 Å². The summed E-state index contributed by atoms with van der Waals surface area (Å²) in [6.07, 6.45) is 12.8. The minimum Gasteiger partial charge on any atom is -0.377 e. The molecule has 7 heteroatoms. The van der Waals surface area contributed by atoms with Gasteiger partial charge in [-0.1, -0.05) is 82.9 Å². The van der Waals surface area contributed by atoms with E-state index in [0.717, 1.165) is 12.8 Å². The Morgan fingerprint density at radius 1 is 0.923 bits per heavy atom. The van der Waals surface area contributed by atoms with Crippen molar-refractivity contribution in [2.24, 2.45) is 11.5 Å². The van der Waals surface area contributed by atoms with Gasteiger partial charge in [-0.05, 0) is 30.8 Å². The van der Waals surface area contributed by atoms with E-state index in [-0.39, 0.29) is 5.11 Å². The van der Waals surface area contributed by atoms with E-state index in [9.17, 15) is 4.57 Å². The van der Waals surface area contributed by atoms with Crippen LogP contribution in [0, 0.1) is 0 Å². The van der Waals surface area contributed by atoms with E-state index in [1.807, 2.05) is 18.2 Å². The molecule has 0 aliphatic carbocycles. The molecular formula is C19H34N2O3PS+. The average molecular weight is 402 g/mol. The van der Waals surface area contributed by atoms with E-state index in [0.29, 0.717) is 12.4 Å². The number of para-hydroxylation sites is 1. The molecule has 26 heavy (non-hydrogen) atoms. The molecule has 1 unspecified atom stereocenters. The standard InChI is InChI=1S/C18H30O3P.CH4N2S/c1-2-3-4-5-6-7-8-9-10-14-17-20-22(19)21-18-15-12-11-13-16-18;2-1(3)4/h11-13,15-16H,2-10,14,17H2,1H3;(H4,2,3,4)/q+1;. The van der Waals surface area contributed by atoms with Crippen molar-refractivity contribution >= 4 is 25.6 Å². The predicted octanol–water partition coefficient (Wildman–Crippen LogP) is 5.85. The second kappa shape index (κ2) is 18.6. The van der Waals surface area contributed by atoms with E-state index in [2.05, 4.69) is 30.6 Å². The van der Waals surface area contributed by atoms with Gasteiger partial charge in [-0.2, -0.15) is 0 Å². The Balaban J connectivity index is 0.00000141. The van der Waals surface area contributed by atoms with Gasteiger partial charge in [0, 0.05) is 4.57 Å². The van der Waals surface area contributed by atoms with Gasteiger partial charge in [-0.3, -0.25) is 0 Å². The minimum absolute atomic E-state index is 0.000000000000000222. The molecule has 0 spiro atoms. The van der Waals surface area contributed by atoms with Crippen molar-refractivity contribution in [1.82, 2.24) is 0 Å². The Labute approximate surface area is 164 Å². The zero-order valence-corrected chi connectivity index (χ0v) is 17.6. The van der Waals surface area contributed by atoms with Gasteiger partial charge in [0.25, 0.3) is 0 Å². The first-order chi connectivity index (χ1) is 12.6. The van der Waals surface area contributed by atoms with Crippen LogP contribution in [-0.2, 0) is 9.09 Å². The highest BCUT2D eigenvalue weighted by molar-refractivity contribution is 7.80.